The Morgan fingerprint density at radius 2 is 2.35 bits per heavy atom. The average molecular weight is 248 g/mol. The Bertz CT molecular complexity index is 455. The second-order valence-corrected chi connectivity index (χ2v) is 5.08. The van der Waals surface area contributed by atoms with Crippen molar-refractivity contribution < 1.29 is 4.79 Å². The maximum absolute atomic E-state index is 11.7. The van der Waals surface area contributed by atoms with Gasteiger partial charge in [0, 0.05) is 28.8 Å². The standard InChI is InChI=1S/C13H16N2OS/c14-6-3-4-11-8-12(17-10-11)9-15-7-2-1-5-13(15)16/h8,10H,1-2,5-7,9,14H2. The number of hydrogen-bond donors (Lipinski definition) is 1. The van der Waals surface area contributed by atoms with Crippen molar-refractivity contribution in [2.75, 3.05) is 13.1 Å². The van der Waals surface area contributed by atoms with Gasteiger partial charge in [0.15, 0.2) is 0 Å². The summed E-state index contributed by atoms with van der Waals surface area (Å²) in [6, 6.07) is 2.05. The van der Waals surface area contributed by atoms with E-state index in [2.05, 4.69) is 17.9 Å². The molecule has 1 aromatic rings. The van der Waals surface area contributed by atoms with Crippen molar-refractivity contribution in [3.05, 3.63) is 21.9 Å². The van der Waals surface area contributed by atoms with Gasteiger partial charge in [0.2, 0.25) is 5.91 Å². The van der Waals surface area contributed by atoms with Gasteiger partial charge in [-0.15, -0.1) is 11.3 Å². The van der Waals surface area contributed by atoms with Gasteiger partial charge < -0.3 is 10.6 Å². The summed E-state index contributed by atoms with van der Waals surface area (Å²) >= 11 is 1.66. The van der Waals surface area contributed by atoms with Crippen LogP contribution in [0.15, 0.2) is 11.4 Å². The minimum atomic E-state index is 0.277. The topological polar surface area (TPSA) is 46.3 Å². The number of hydrogen-bond acceptors (Lipinski definition) is 3. The molecule has 0 unspecified atom stereocenters. The Morgan fingerprint density at radius 3 is 3.12 bits per heavy atom. The largest absolute Gasteiger partial charge is 0.338 e. The molecule has 0 saturated carbocycles. The van der Waals surface area contributed by atoms with Crippen molar-refractivity contribution in [3.8, 4) is 11.8 Å². The van der Waals surface area contributed by atoms with Gasteiger partial charge in [-0.1, -0.05) is 11.8 Å². The van der Waals surface area contributed by atoms with Crippen molar-refractivity contribution in [1.29, 1.82) is 0 Å². The molecule has 2 rings (SSSR count). The van der Waals surface area contributed by atoms with Crippen molar-refractivity contribution in [2.45, 2.75) is 25.8 Å². The summed E-state index contributed by atoms with van der Waals surface area (Å²) in [4.78, 5) is 14.8. The molecular formula is C13H16N2OS. The fraction of sp³-hybridized carbons (Fsp3) is 0.462. The summed E-state index contributed by atoms with van der Waals surface area (Å²) in [6.45, 7) is 2.00. The quantitative estimate of drug-likeness (QED) is 0.808. The Morgan fingerprint density at radius 1 is 1.47 bits per heavy atom. The van der Waals surface area contributed by atoms with Gasteiger partial charge in [0.1, 0.15) is 0 Å². The first-order valence-corrected chi connectivity index (χ1v) is 6.71. The minimum Gasteiger partial charge on any atom is -0.338 e. The lowest BCUT2D eigenvalue weighted by molar-refractivity contribution is -0.133. The molecule has 1 aromatic heterocycles. The van der Waals surface area contributed by atoms with E-state index in [0.29, 0.717) is 13.0 Å². The van der Waals surface area contributed by atoms with Crippen LogP contribution in [0.5, 0.6) is 0 Å². The number of nitrogens with zero attached hydrogens (tertiary/aromatic N) is 1. The molecule has 0 atom stereocenters. The average Bonchev–Trinajstić information content (AvgIpc) is 2.77. The van der Waals surface area contributed by atoms with Crippen LogP contribution in [0.3, 0.4) is 0 Å². The summed E-state index contributed by atoms with van der Waals surface area (Å²) in [7, 11) is 0. The van der Waals surface area contributed by atoms with Gasteiger partial charge >= 0.3 is 0 Å². The Kier molecular flexibility index (Phi) is 4.18. The van der Waals surface area contributed by atoms with E-state index in [4.69, 9.17) is 5.73 Å². The predicted octanol–water partition coefficient (Wildman–Crippen LogP) is 1.57. The van der Waals surface area contributed by atoms with Crippen LogP contribution < -0.4 is 5.73 Å². The summed E-state index contributed by atoms with van der Waals surface area (Å²) < 4.78 is 0. The molecule has 0 aromatic carbocycles. The molecule has 17 heavy (non-hydrogen) atoms. The molecule has 1 saturated heterocycles. The van der Waals surface area contributed by atoms with Gasteiger partial charge in [-0.25, -0.2) is 0 Å². The second-order valence-electron chi connectivity index (χ2n) is 4.08. The highest BCUT2D eigenvalue weighted by molar-refractivity contribution is 7.10. The second kappa shape index (κ2) is 5.85. The van der Waals surface area contributed by atoms with Crippen molar-refractivity contribution in [2.24, 2.45) is 5.73 Å². The number of nitrogens with two attached hydrogens (primary N) is 1. The predicted molar refractivity (Wildman–Crippen MR) is 69.5 cm³/mol. The van der Waals surface area contributed by atoms with Gasteiger partial charge in [-0.3, -0.25) is 4.79 Å². The molecule has 1 aliphatic rings. The van der Waals surface area contributed by atoms with Gasteiger partial charge in [0.05, 0.1) is 13.1 Å². The van der Waals surface area contributed by atoms with Crippen LogP contribution >= 0.6 is 11.3 Å². The van der Waals surface area contributed by atoms with Crippen LogP contribution in [0.2, 0.25) is 0 Å². The third kappa shape index (κ3) is 3.32. The third-order valence-corrected chi connectivity index (χ3v) is 3.68. The zero-order valence-corrected chi connectivity index (χ0v) is 10.6. The molecule has 2 heterocycles. The van der Waals surface area contributed by atoms with Crippen molar-refractivity contribution in [3.63, 3.8) is 0 Å². The van der Waals surface area contributed by atoms with E-state index in [1.807, 2.05) is 10.3 Å². The van der Waals surface area contributed by atoms with Gasteiger partial charge in [0.25, 0.3) is 0 Å². The summed E-state index contributed by atoms with van der Waals surface area (Å²) in [5.41, 5.74) is 6.33. The maximum atomic E-state index is 11.7. The molecule has 1 amide bonds. The summed E-state index contributed by atoms with van der Waals surface area (Å²) in [5, 5.41) is 2.02. The molecule has 3 nitrogen and oxygen atoms in total. The number of carbonyl (C=O) groups excluding carboxylic acids is 1. The van der Waals surface area contributed by atoms with Crippen LogP contribution in [0, 0.1) is 11.8 Å². The molecule has 4 heteroatoms. The van der Waals surface area contributed by atoms with E-state index in [9.17, 15) is 4.79 Å². The van der Waals surface area contributed by atoms with Crippen LogP contribution in [-0.4, -0.2) is 23.9 Å². The van der Waals surface area contributed by atoms with E-state index < -0.39 is 0 Å². The number of amides is 1. The number of piperidine rings is 1. The molecule has 1 aliphatic heterocycles. The van der Waals surface area contributed by atoms with Crippen molar-refractivity contribution in [1.82, 2.24) is 4.90 Å². The van der Waals surface area contributed by atoms with E-state index in [1.165, 1.54) is 4.88 Å². The lowest BCUT2D eigenvalue weighted by atomic mass is 10.1. The molecule has 0 aliphatic carbocycles. The Balaban J connectivity index is 1.98. The zero-order chi connectivity index (χ0) is 12.1. The number of thiophene rings is 1. The fourth-order valence-electron chi connectivity index (χ4n) is 1.90. The highest BCUT2D eigenvalue weighted by Gasteiger charge is 2.18. The number of likely N-dealkylation sites (tertiary alicyclic amines) is 1. The van der Waals surface area contributed by atoms with E-state index in [1.54, 1.807) is 11.3 Å². The lowest BCUT2D eigenvalue weighted by Gasteiger charge is -2.26. The monoisotopic (exact) mass is 248 g/mol. The fourth-order valence-corrected chi connectivity index (χ4v) is 2.73. The molecule has 90 valence electrons. The highest BCUT2D eigenvalue weighted by Crippen LogP contribution is 2.19. The minimum absolute atomic E-state index is 0.277. The first kappa shape index (κ1) is 12.2. The molecule has 2 N–H and O–H groups in total. The van der Waals surface area contributed by atoms with Crippen molar-refractivity contribution >= 4 is 17.2 Å². The van der Waals surface area contributed by atoms with Crippen LogP contribution in [0.25, 0.3) is 0 Å². The zero-order valence-electron chi connectivity index (χ0n) is 9.74. The van der Waals surface area contributed by atoms with Crippen LogP contribution in [-0.2, 0) is 11.3 Å². The smallest absolute Gasteiger partial charge is 0.222 e. The van der Waals surface area contributed by atoms with Gasteiger partial charge in [-0.2, -0.15) is 0 Å². The highest BCUT2D eigenvalue weighted by atomic mass is 32.1. The SMILES string of the molecule is NCC#Cc1csc(CN2CCCCC2=O)c1. The molecule has 0 spiro atoms. The van der Waals surface area contributed by atoms with Crippen LogP contribution in [0.1, 0.15) is 29.7 Å². The molecule has 0 bridgehead atoms. The first-order chi connectivity index (χ1) is 8.29. The van der Waals surface area contributed by atoms with Gasteiger partial charge in [-0.05, 0) is 18.9 Å². The third-order valence-electron chi connectivity index (χ3n) is 2.76. The van der Waals surface area contributed by atoms with E-state index in [0.717, 1.165) is 31.5 Å². The normalized spacial score (nSPS) is 15.6. The Hall–Kier alpha value is -1.31. The molecular weight excluding hydrogens is 232 g/mol. The Labute approximate surface area is 106 Å². The maximum Gasteiger partial charge on any atom is 0.222 e. The molecule has 0 radical (unpaired) electrons. The molecule has 1 fully saturated rings. The first-order valence-electron chi connectivity index (χ1n) is 5.83. The van der Waals surface area contributed by atoms with E-state index in [-0.39, 0.29) is 5.91 Å². The number of carbonyl (C=O) groups is 1. The summed E-state index contributed by atoms with van der Waals surface area (Å²) in [5.74, 6) is 6.12. The number of rotatable bonds is 2. The van der Waals surface area contributed by atoms with E-state index >= 15 is 0 Å². The lowest BCUT2D eigenvalue weighted by Crippen LogP contribution is -2.34. The summed E-state index contributed by atoms with van der Waals surface area (Å²) in [6.07, 6.45) is 2.86. The van der Waals surface area contributed by atoms with Crippen LogP contribution in [0.4, 0.5) is 0 Å².